The van der Waals surface area contributed by atoms with Gasteiger partial charge in [0.1, 0.15) is 11.4 Å². The van der Waals surface area contributed by atoms with Crippen LogP contribution in [0, 0.1) is 11.7 Å². The monoisotopic (exact) mass is 386 g/mol. The van der Waals surface area contributed by atoms with Gasteiger partial charge in [0.15, 0.2) is 5.17 Å². The Morgan fingerprint density at radius 1 is 1.26 bits per heavy atom. The van der Waals surface area contributed by atoms with E-state index in [4.69, 9.17) is 9.73 Å². The molecule has 4 rings (SSSR count). The molecule has 1 saturated heterocycles. The molecule has 0 saturated carbocycles. The molecule has 140 valence electrons. The lowest BCUT2D eigenvalue weighted by molar-refractivity contribution is 0.0436. The quantitative estimate of drug-likeness (QED) is 0.851. The number of carbonyl (C=O) groups excluding carboxylic acids is 1. The zero-order chi connectivity index (χ0) is 18.9. The highest BCUT2D eigenvalue weighted by atomic mass is 32.2. The summed E-state index contributed by atoms with van der Waals surface area (Å²) in [6, 6.07) is 15.3. The van der Waals surface area contributed by atoms with Crippen molar-refractivity contribution in [2.75, 3.05) is 19.0 Å². The Kier molecular flexibility index (Phi) is 4.99. The Morgan fingerprint density at radius 3 is 2.74 bits per heavy atom. The van der Waals surface area contributed by atoms with E-state index in [0.29, 0.717) is 22.0 Å². The number of nitrogens with zero attached hydrogens (tertiary/aromatic N) is 1. The number of amides is 1. The first-order valence-electron chi connectivity index (χ1n) is 8.70. The van der Waals surface area contributed by atoms with Crippen LogP contribution >= 0.6 is 11.8 Å². The summed E-state index contributed by atoms with van der Waals surface area (Å²) in [6.07, 6.45) is -0.410. The van der Waals surface area contributed by atoms with E-state index in [2.05, 4.69) is 5.32 Å². The number of halogens is 1. The number of benzene rings is 2. The molecule has 2 aromatic rings. The maximum absolute atomic E-state index is 14.6. The third kappa shape index (κ3) is 3.26. The van der Waals surface area contributed by atoms with Crippen molar-refractivity contribution in [2.24, 2.45) is 10.9 Å². The number of amidine groups is 1. The van der Waals surface area contributed by atoms with Crippen LogP contribution in [0.25, 0.3) is 0 Å². The molecule has 1 amide bonds. The molecule has 0 aromatic heterocycles. The summed E-state index contributed by atoms with van der Waals surface area (Å²) < 4.78 is 20.4. The Labute approximate surface area is 160 Å². The lowest BCUT2D eigenvalue weighted by Gasteiger charge is -2.36. The number of nitrogens with one attached hydrogen (secondary N) is 1. The average Bonchev–Trinajstić information content (AvgIpc) is 3.07. The molecule has 0 radical (unpaired) electrons. The van der Waals surface area contributed by atoms with Crippen molar-refractivity contribution in [3.8, 4) is 0 Å². The Morgan fingerprint density at radius 2 is 2.00 bits per heavy atom. The summed E-state index contributed by atoms with van der Waals surface area (Å²) >= 11 is 1.39. The van der Waals surface area contributed by atoms with Gasteiger partial charge in [-0.2, -0.15) is 0 Å². The SMILES string of the molecule is O=C(NC1=NC2(c3ccccc3F)CO[C@H](CO)C2CS1)c1ccccc1. The molecule has 2 unspecified atom stereocenters. The lowest BCUT2D eigenvalue weighted by Crippen LogP contribution is -2.44. The van der Waals surface area contributed by atoms with Crippen molar-refractivity contribution in [1.29, 1.82) is 0 Å². The van der Waals surface area contributed by atoms with Gasteiger partial charge in [0.25, 0.3) is 5.91 Å². The number of hydrogen-bond donors (Lipinski definition) is 2. The van der Waals surface area contributed by atoms with Crippen LogP contribution in [-0.2, 0) is 10.3 Å². The highest BCUT2D eigenvalue weighted by Crippen LogP contribution is 2.48. The third-order valence-electron chi connectivity index (χ3n) is 5.06. The fourth-order valence-electron chi connectivity index (χ4n) is 3.66. The topological polar surface area (TPSA) is 70.9 Å². The summed E-state index contributed by atoms with van der Waals surface area (Å²) in [5.41, 5.74) is 0.00000756. The number of ether oxygens (including phenoxy) is 1. The van der Waals surface area contributed by atoms with E-state index < -0.39 is 11.6 Å². The minimum atomic E-state index is -0.955. The van der Waals surface area contributed by atoms with Crippen molar-refractivity contribution in [3.05, 3.63) is 71.5 Å². The van der Waals surface area contributed by atoms with Gasteiger partial charge in [-0.1, -0.05) is 48.2 Å². The van der Waals surface area contributed by atoms with Crippen molar-refractivity contribution >= 4 is 22.8 Å². The first-order valence-corrected chi connectivity index (χ1v) is 9.69. The largest absolute Gasteiger partial charge is 0.394 e. The van der Waals surface area contributed by atoms with Crippen LogP contribution in [0.4, 0.5) is 4.39 Å². The normalized spacial score (nSPS) is 27.0. The molecule has 7 heteroatoms. The first-order chi connectivity index (χ1) is 13.1. The van der Waals surface area contributed by atoms with Gasteiger partial charge in [0.2, 0.25) is 0 Å². The maximum Gasteiger partial charge on any atom is 0.257 e. The number of hydrogen-bond acceptors (Lipinski definition) is 5. The van der Waals surface area contributed by atoms with Gasteiger partial charge in [-0.15, -0.1) is 0 Å². The Balaban J connectivity index is 1.70. The van der Waals surface area contributed by atoms with E-state index in [1.807, 2.05) is 6.07 Å². The van der Waals surface area contributed by atoms with Gasteiger partial charge < -0.3 is 15.2 Å². The number of thioether (sulfide) groups is 1. The zero-order valence-electron chi connectivity index (χ0n) is 14.5. The maximum atomic E-state index is 14.6. The van der Waals surface area contributed by atoms with Crippen molar-refractivity contribution < 1.29 is 19.0 Å². The van der Waals surface area contributed by atoms with E-state index in [0.717, 1.165) is 0 Å². The standard InChI is InChI=1S/C20H19FN2O3S/c21-16-9-5-4-8-14(16)20-12-26-17(10-24)15(20)11-27-19(23-20)22-18(25)13-6-2-1-3-7-13/h1-9,15,17,24H,10-12H2,(H,22,23,25)/t15?,17-,20?/m1/s1. The van der Waals surface area contributed by atoms with Gasteiger partial charge in [-0.3, -0.25) is 4.79 Å². The van der Waals surface area contributed by atoms with Crippen molar-refractivity contribution in [2.45, 2.75) is 11.6 Å². The van der Waals surface area contributed by atoms with Gasteiger partial charge in [0.05, 0.1) is 19.3 Å². The molecule has 2 N–H and O–H groups in total. The summed E-state index contributed by atoms with van der Waals surface area (Å²) in [6.45, 7) is 0.0117. The Hall–Kier alpha value is -2.22. The second-order valence-corrected chi connectivity index (χ2v) is 7.60. The predicted octanol–water partition coefficient (Wildman–Crippen LogP) is 2.56. The molecular formula is C20H19FN2O3S. The molecule has 0 bridgehead atoms. The molecular weight excluding hydrogens is 367 g/mol. The fraction of sp³-hybridized carbons (Fsp3) is 0.300. The molecule has 1 fully saturated rings. The minimum Gasteiger partial charge on any atom is -0.394 e. The van der Waals surface area contributed by atoms with Crippen molar-refractivity contribution in [3.63, 3.8) is 0 Å². The number of fused-ring (bicyclic) bond motifs is 1. The second-order valence-electron chi connectivity index (χ2n) is 6.59. The number of rotatable bonds is 3. The lowest BCUT2D eigenvalue weighted by atomic mass is 9.79. The molecule has 2 aromatic carbocycles. The van der Waals surface area contributed by atoms with E-state index >= 15 is 0 Å². The van der Waals surface area contributed by atoms with Crippen LogP contribution in [0.5, 0.6) is 0 Å². The molecule has 27 heavy (non-hydrogen) atoms. The number of aliphatic imine (C=N–C) groups is 1. The van der Waals surface area contributed by atoms with Gasteiger partial charge in [-0.25, -0.2) is 9.38 Å². The smallest absolute Gasteiger partial charge is 0.257 e. The predicted molar refractivity (Wildman–Crippen MR) is 102 cm³/mol. The zero-order valence-corrected chi connectivity index (χ0v) is 15.3. The molecule has 0 aliphatic carbocycles. The summed E-state index contributed by atoms with van der Waals surface area (Å²) in [7, 11) is 0. The highest BCUT2D eigenvalue weighted by Gasteiger charge is 2.54. The van der Waals surface area contributed by atoms with Crippen LogP contribution in [0.3, 0.4) is 0 Å². The van der Waals surface area contributed by atoms with E-state index in [1.54, 1.807) is 42.5 Å². The molecule has 3 atom stereocenters. The van der Waals surface area contributed by atoms with Gasteiger partial charge in [-0.05, 0) is 18.2 Å². The highest BCUT2D eigenvalue weighted by molar-refractivity contribution is 8.13. The van der Waals surface area contributed by atoms with Crippen LogP contribution in [-0.4, -0.2) is 41.3 Å². The van der Waals surface area contributed by atoms with Gasteiger partial charge in [0, 0.05) is 22.8 Å². The fourth-order valence-corrected chi connectivity index (χ4v) is 4.88. The van der Waals surface area contributed by atoms with E-state index in [1.165, 1.54) is 17.8 Å². The summed E-state index contributed by atoms with van der Waals surface area (Å²) in [4.78, 5) is 17.2. The second kappa shape index (κ2) is 7.42. The van der Waals surface area contributed by atoms with Gasteiger partial charge >= 0.3 is 0 Å². The Bertz CT molecular complexity index is 877. The van der Waals surface area contributed by atoms with Crippen molar-refractivity contribution in [1.82, 2.24) is 5.32 Å². The summed E-state index contributed by atoms with van der Waals surface area (Å²) in [5.74, 6) is -0.245. The molecule has 2 aliphatic rings. The molecule has 5 nitrogen and oxygen atoms in total. The van der Waals surface area contributed by atoms with Crippen LogP contribution in [0.15, 0.2) is 59.6 Å². The average molecular weight is 386 g/mol. The third-order valence-corrected chi connectivity index (χ3v) is 6.05. The van der Waals surface area contributed by atoms with E-state index in [9.17, 15) is 14.3 Å². The number of aliphatic hydroxyl groups is 1. The van der Waals surface area contributed by atoms with E-state index in [-0.39, 0.29) is 30.9 Å². The van der Waals surface area contributed by atoms with Crippen LogP contribution in [0.1, 0.15) is 15.9 Å². The number of carbonyl (C=O) groups is 1. The van der Waals surface area contributed by atoms with Crippen LogP contribution in [0.2, 0.25) is 0 Å². The van der Waals surface area contributed by atoms with Crippen LogP contribution < -0.4 is 5.32 Å². The summed E-state index contributed by atoms with van der Waals surface area (Å²) in [5, 5.41) is 12.9. The molecule has 2 heterocycles. The molecule has 0 spiro atoms. The minimum absolute atomic E-state index is 0.150. The first kappa shape index (κ1) is 18.2. The number of aliphatic hydroxyl groups excluding tert-OH is 1. The molecule has 2 aliphatic heterocycles.